The zero-order valence-corrected chi connectivity index (χ0v) is 17.7. The van der Waals surface area contributed by atoms with Crippen molar-refractivity contribution in [1.82, 2.24) is 19.4 Å². The highest BCUT2D eigenvalue weighted by atomic mass is 35.5. The largest absolute Gasteiger partial charge is 0.439 e. The SMILES string of the molecule is O=C(Nc1cccc(-c2noc(=O)[nH]2)c1)C1CCN(S(=O)(=O)c2cccnc2Cl)CC1. The van der Waals surface area contributed by atoms with Crippen LogP contribution in [-0.4, -0.2) is 46.8 Å². The lowest BCUT2D eigenvalue weighted by molar-refractivity contribution is -0.120. The first-order valence-corrected chi connectivity index (χ1v) is 11.2. The number of carbonyl (C=O) groups is 1. The summed E-state index contributed by atoms with van der Waals surface area (Å²) in [5.41, 5.74) is 1.11. The molecule has 1 aliphatic heterocycles. The number of sulfonamides is 1. The van der Waals surface area contributed by atoms with Gasteiger partial charge in [-0.05, 0) is 37.1 Å². The Morgan fingerprint density at radius 3 is 2.68 bits per heavy atom. The second kappa shape index (κ2) is 8.61. The lowest BCUT2D eigenvalue weighted by Gasteiger charge is -2.30. The molecule has 10 nitrogen and oxygen atoms in total. The van der Waals surface area contributed by atoms with E-state index in [0.29, 0.717) is 24.1 Å². The Morgan fingerprint density at radius 1 is 1.23 bits per heavy atom. The van der Waals surface area contributed by atoms with Crippen LogP contribution in [0, 0.1) is 5.92 Å². The van der Waals surface area contributed by atoms with Crippen molar-refractivity contribution in [3.63, 3.8) is 0 Å². The van der Waals surface area contributed by atoms with Gasteiger partial charge in [0, 0.05) is 36.5 Å². The van der Waals surface area contributed by atoms with Crippen LogP contribution in [0.4, 0.5) is 5.69 Å². The van der Waals surface area contributed by atoms with E-state index in [1.807, 2.05) is 0 Å². The van der Waals surface area contributed by atoms with Gasteiger partial charge in [0.15, 0.2) is 5.82 Å². The normalized spacial score (nSPS) is 15.6. The zero-order valence-electron chi connectivity index (χ0n) is 16.1. The average Bonchev–Trinajstić information content (AvgIpc) is 3.20. The molecular weight excluding hydrogens is 446 g/mol. The fraction of sp³-hybridized carbons (Fsp3) is 0.263. The number of piperidine rings is 1. The lowest BCUT2D eigenvalue weighted by Crippen LogP contribution is -2.41. The van der Waals surface area contributed by atoms with Crippen molar-refractivity contribution in [2.45, 2.75) is 17.7 Å². The molecule has 3 aromatic rings. The quantitative estimate of drug-likeness (QED) is 0.552. The van der Waals surface area contributed by atoms with Gasteiger partial charge in [-0.2, -0.15) is 4.31 Å². The number of aromatic nitrogens is 3. The summed E-state index contributed by atoms with van der Waals surface area (Å²) in [5, 5.41) is 6.39. The van der Waals surface area contributed by atoms with E-state index in [1.54, 1.807) is 24.3 Å². The van der Waals surface area contributed by atoms with Crippen LogP contribution >= 0.6 is 11.6 Å². The Morgan fingerprint density at radius 2 is 2.00 bits per heavy atom. The molecule has 0 unspecified atom stereocenters. The number of nitrogens with zero attached hydrogens (tertiary/aromatic N) is 3. The van der Waals surface area contributed by atoms with Crippen LogP contribution in [0.15, 0.2) is 56.8 Å². The first-order chi connectivity index (χ1) is 14.8. The Balaban J connectivity index is 1.40. The Bertz CT molecular complexity index is 1260. The molecule has 0 bridgehead atoms. The first kappa shape index (κ1) is 21.2. The highest BCUT2D eigenvalue weighted by Crippen LogP contribution is 2.28. The third kappa shape index (κ3) is 4.53. The van der Waals surface area contributed by atoms with Crippen LogP contribution in [0.3, 0.4) is 0 Å². The predicted molar refractivity (Wildman–Crippen MR) is 112 cm³/mol. The van der Waals surface area contributed by atoms with Crippen molar-refractivity contribution in [1.29, 1.82) is 0 Å². The topological polar surface area (TPSA) is 138 Å². The average molecular weight is 464 g/mol. The number of hydrogen-bond acceptors (Lipinski definition) is 7. The number of carbonyl (C=O) groups excluding carboxylic acids is 1. The van der Waals surface area contributed by atoms with Crippen molar-refractivity contribution in [3.05, 3.63) is 58.3 Å². The molecule has 0 aliphatic carbocycles. The molecule has 31 heavy (non-hydrogen) atoms. The van der Waals surface area contributed by atoms with Crippen molar-refractivity contribution >= 4 is 33.2 Å². The van der Waals surface area contributed by atoms with E-state index in [9.17, 15) is 18.0 Å². The highest BCUT2D eigenvalue weighted by molar-refractivity contribution is 7.89. The summed E-state index contributed by atoms with van der Waals surface area (Å²) >= 11 is 5.94. The van der Waals surface area contributed by atoms with Gasteiger partial charge in [-0.3, -0.25) is 14.3 Å². The molecule has 1 saturated heterocycles. The summed E-state index contributed by atoms with van der Waals surface area (Å²) in [6.45, 7) is 0.401. The fourth-order valence-electron chi connectivity index (χ4n) is 3.40. The van der Waals surface area contributed by atoms with Gasteiger partial charge >= 0.3 is 5.76 Å². The van der Waals surface area contributed by atoms with Gasteiger partial charge in [-0.15, -0.1) is 0 Å². The van der Waals surface area contributed by atoms with Gasteiger partial charge < -0.3 is 5.32 Å². The highest BCUT2D eigenvalue weighted by Gasteiger charge is 2.33. The zero-order chi connectivity index (χ0) is 22.0. The molecule has 2 aromatic heterocycles. The predicted octanol–water partition coefficient (Wildman–Crippen LogP) is 2.12. The van der Waals surface area contributed by atoms with Gasteiger partial charge in [-0.1, -0.05) is 28.9 Å². The van der Waals surface area contributed by atoms with E-state index < -0.39 is 15.8 Å². The summed E-state index contributed by atoms with van der Waals surface area (Å²) in [4.78, 5) is 30.1. The minimum absolute atomic E-state index is 0.0396. The maximum Gasteiger partial charge on any atom is 0.439 e. The molecule has 4 rings (SSSR count). The number of aromatic amines is 1. The summed E-state index contributed by atoms with van der Waals surface area (Å²) < 4.78 is 31.4. The number of halogens is 1. The number of rotatable bonds is 5. The lowest BCUT2D eigenvalue weighted by atomic mass is 9.97. The van der Waals surface area contributed by atoms with Gasteiger partial charge in [0.2, 0.25) is 15.9 Å². The van der Waals surface area contributed by atoms with Gasteiger partial charge in [0.1, 0.15) is 10.0 Å². The van der Waals surface area contributed by atoms with Crippen molar-refractivity contribution in [2.24, 2.45) is 5.92 Å². The van der Waals surface area contributed by atoms with E-state index >= 15 is 0 Å². The molecule has 2 N–H and O–H groups in total. The summed E-state index contributed by atoms with van der Waals surface area (Å²) in [6.07, 6.45) is 2.17. The Hall–Kier alpha value is -3.02. The van der Waals surface area contributed by atoms with Crippen molar-refractivity contribution in [3.8, 4) is 11.4 Å². The molecule has 0 radical (unpaired) electrons. The molecule has 1 aliphatic rings. The molecule has 0 atom stereocenters. The number of pyridine rings is 1. The van der Waals surface area contributed by atoms with Crippen LogP contribution in [0.2, 0.25) is 5.15 Å². The number of amides is 1. The molecule has 3 heterocycles. The number of benzene rings is 1. The summed E-state index contributed by atoms with van der Waals surface area (Å²) in [6, 6.07) is 9.74. The van der Waals surface area contributed by atoms with E-state index in [2.05, 4.69) is 25.0 Å². The van der Waals surface area contributed by atoms with Crippen LogP contribution in [0.25, 0.3) is 11.4 Å². The number of anilines is 1. The minimum atomic E-state index is -3.77. The smallest absolute Gasteiger partial charge is 0.326 e. The van der Waals surface area contributed by atoms with Crippen LogP contribution in [-0.2, 0) is 14.8 Å². The maximum absolute atomic E-state index is 12.8. The first-order valence-electron chi connectivity index (χ1n) is 9.42. The van der Waals surface area contributed by atoms with Crippen molar-refractivity contribution < 1.29 is 17.7 Å². The Kier molecular flexibility index (Phi) is 5.90. The monoisotopic (exact) mass is 463 g/mol. The summed E-state index contributed by atoms with van der Waals surface area (Å²) in [5.74, 6) is -0.957. The molecule has 0 saturated carbocycles. The molecule has 1 aromatic carbocycles. The summed E-state index contributed by atoms with van der Waals surface area (Å²) in [7, 11) is -3.77. The second-order valence-electron chi connectivity index (χ2n) is 6.98. The van der Waals surface area contributed by atoms with E-state index in [4.69, 9.17) is 11.6 Å². The number of nitrogens with one attached hydrogen (secondary N) is 2. The molecule has 162 valence electrons. The molecular formula is C19H18ClN5O5S. The maximum atomic E-state index is 12.8. The van der Waals surface area contributed by atoms with Gasteiger partial charge in [0.25, 0.3) is 0 Å². The minimum Gasteiger partial charge on any atom is -0.326 e. The van der Waals surface area contributed by atoms with E-state index in [0.717, 1.165) is 0 Å². The van der Waals surface area contributed by atoms with Gasteiger partial charge in [0.05, 0.1) is 0 Å². The van der Waals surface area contributed by atoms with Crippen LogP contribution in [0.1, 0.15) is 12.8 Å². The third-order valence-electron chi connectivity index (χ3n) is 5.01. The number of H-pyrrole nitrogens is 1. The standard InChI is InChI=1S/C19H18ClN5O5S/c20-16-15(5-2-8-21-16)31(28,29)25-9-6-12(7-10-25)18(26)22-14-4-1-3-13(11-14)17-23-19(27)30-24-17/h1-5,8,11-12H,6-7,9-10H2,(H,22,26)(H,23,24,27). The fourth-order valence-corrected chi connectivity index (χ4v) is 5.30. The van der Waals surface area contributed by atoms with E-state index in [-0.39, 0.29) is 40.8 Å². The van der Waals surface area contributed by atoms with E-state index in [1.165, 1.54) is 22.6 Å². The third-order valence-corrected chi connectivity index (χ3v) is 7.35. The van der Waals surface area contributed by atoms with Crippen LogP contribution in [0.5, 0.6) is 0 Å². The van der Waals surface area contributed by atoms with Crippen LogP contribution < -0.4 is 11.1 Å². The molecule has 1 amide bonds. The Labute approximate surface area is 182 Å². The molecule has 12 heteroatoms. The van der Waals surface area contributed by atoms with Gasteiger partial charge in [-0.25, -0.2) is 18.2 Å². The second-order valence-corrected chi connectivity index (χ2v) is 9.25. The molecule has 0 spiro atoms. The van der Waals surface area contributed by atoms with Crippen molar-refractivity contribution in [2.75, 3.05) is 18.4 Å². The number of hydrogen-bond donors (Lipinski definition) is 2. The molecule has 1 fully saturated rings.